The number of fused-ring (bicyclic) bond motifs is 1. The quantitative estimate of drug-likeness (QED) is 0.582. The van der Waals surface area contributed by atoms with Gasteiger partial charge in [0.2, 0.25) is 0 Å². The molecule has 1 aliphatic heterocycles. The average Bonchev–Trinajstić information content (AvgIpc) is 2.85. The van der Waals surface area contributed by atoms with Gasteiger partial charge in [0.05, 0.1) is 25.9 Å². The van der Waals surface area contributed by atoms with Crippen LogP contribution in [0.15, 0.2) is 23.2 Å². The van der Waals surface area contributed by atoms with Crippen LogP contribution in [0.5, 0.6) is 11.5 Å². The summed E-state index contributed by atoms with van der Waals surface area (Å²) in [5.41, 5.74) is 6.74. The number of rotatable bonds is 4. The number of hydrogen-bond donors (Lipinski definition) is 3. The minimum Gasteiger partial charge on any atom is -0.490 e. The maximum absolute atomic E-state index is 10.3. The van der Waals surface area contributed by atoms with E-state index in [1.54, 1.807) is 0 Å². The number of aliphatic hydroxyl groups is 1. The van der Waals surface area contributed by atoms with E-state index in [2.05, 4.69) is 10.3 Å². The molecule has 1 atom stereocenters. The van der Waals surface area contributed by atoms with Gasteiger partial charge in [0.25, 0.3) is 0 Å². The van der Waals surface area contributed by atoms with Gasteiger partial charge < -0.3 is 25.6 Å². The Labute approximate surface area is 143 Å². The van der Waals surface area contributed by atoms with Crippen LogP contribution in [0.4, 0.5) is 5.69 Å². The second-order valence-corrected chi connectivity index (χ2v) is 6.53. The van der Waals surface area contributed by atoms with Crippen LogP contribution in [0.25, 0.3) is 0 Å². The Morgan fingerprint density at radius 1 is 1.17 bits per heavy atom. The summed E-state index contributed by atoms with van der Waals surface area (Å²) in [5.74, 6) is 2.13. The molecule has 1 heterocycles. The molecule has 3 rings (SSSR count). The fourth-order valence-corrected chi connectivity index (χ4v) is 3.29. The SMILES string of the molecule is NC(=NCC(O)C1CCCCC1)Nc1ccc2c(c1)OCCCO2. The third kappa shape index (κ3) is 4.54. The average molecular weight is 333 g/mol. The minimum absolute atomic E-state index is 0.305. The van der Waals surface area contributed by atoms with Crippen LogP contribution in [0.3, 0.4) is 0 Å². The number of ether oxygens (including phenoxy) is 2. The van der Waals surface area contributed by atoms with Crippen molar-refractivity contribution in [3.63, 3.8) is 0 Å². The molecule has 0 saturated heterocycles. The van der Waals surface area contributed by atoms with Crippen LogP contribution in [0.1, 0.15) is 38.5 Å². The molecule has 0 radical (unpaired) electrons. The number of nitrogens with one attached hydrogen (secondary N) is 1. The Kier molecular flexibility index (Phi) is 5.80. The zero-order valence-electron chi connectivity index (χ0n) is 14.0. The first-order valence-corrected chi connectivity index (χ1v) is 8.87. The molecule has 1 aliphatic carbocycles. The standard InChI is InChI=1S/C18H27N3O3/c19-18(20-12-15(22)13-5-2-1-3-6-13)21-14-7-8-16-17(11-14)24-10-4-9-23-16/h7-8,11,13,15,22H,1-6,9-10,12H2,(H3,19,20,21). The fraction of sp³-hybridized carbons (Fsp3) is 0.611. The summed E-state index contributed by atoms with van der Waals surface area (Å²) in [6, 6.07) is 5.61. The molecule has 1 unspecified atom stereocenters. The topological polar surface area (TPSA) is 89.1 Å². The monoisotopic (exact) mass is 333 g/mol. The van der Waals surface area contributed by atoms with E-state index >= 15 is 0 Å². The van der Waals surface area contributed by atoms with Crippen molar-refractivity contribution in [3.05, 3.63) is 18.2 Å². The van der Waals surface area contributed by atoms with Crippen LogP contribution >= 0.6 is 0 Å². The molecule has 4 N–H and O–H groups in total. The molecule has 132 valence electrons. The van der Waals surface area contributed by atoms with Gasteiger partial charge in [-0.15, -0.1) is 0 Å². The lowest BCUT2D eigenvalue weighted by Crippen LogP contribution is -2.29. The van der Waals surface area contributed by atoms with Crippen LogP contribution in [0.2, 0.25) is 0 Å². The van der Waals surface area contributed by atoms with E-state index in [0.29, 0.717) is 37.4 Å². The highest BCUT2D eigenvalue weighted by molar-refractivity contribution is 5.92. The smallest absolute Gasteiger partial charge is 0.193 e. The van der Waals surface area contributed by atoms with E-state index in [-0.39, 0.29) is 0 Å². The van der Waals surface area contributed by atoms with Gasteiger partial charge >= 0.3 is 0 Å². The zero-order chi connectivity index (χ0) is 16.8. The van der Waals surface area contributed by atoms with Gasteiger partial charge in [-0.2, -0.15) is 0 Å². The zero-order valence-corrected chi connectivity index (χ0v) is 14.0. The summed E-state index contributed by atoms with van der Waals surface area (Å²) in [6.07, 6.45) is 6.33. The number of nitrogens with two attached hydrogens (primary N) is 1. The van der Waals surface area contributed by atoms with Crippen LogP contribution in [-0.4, -0.2) is 36.9 Å². The molecular formula is C18H27N3O3. The number of benzene rings is 1. The fourth-order valence-electron chi connectivity index (χ4n) is 3.29. The first-order chi connectivity index (χ1) is 11.7. The molecule has 1 aromatic rings. The molecule has 1 fully saturated rings. The van der Waals surface area contributed by atoms with Crippen molar-refractivity contribution in [2.75, 3.05) is 25.1 Å². The summed E-state index contributed by atoms with van der Waals surface area (Å²) in [7, 11) is 0. The number of guanidine groups is 1. The Hall–Kier alpha value is -1.95. The molecule has 6 heteroatoms. The normalized spacial score (nSPS) is 20.3. The van der Waals surface area contributed by atoms with Gasteiger partial charge in [0.1, 0.15) is 0 Å². The second kappa shape index (κ2) is 8.24. The van der Waals surface area contributed by atoms with Gasteiger partial charge in [-0.3, -0.25) is 4.99 Å². The molecule has 0 amide bonds. The third-order valence-electron chi connectivity index (χ3n) is 4.66. The predicted octanol–water partition coefficient (Wildman–Crippen LogP) is 2.52. The summed E-state index contributed by atoms with van der Waals surface area (Å²) in [6.45, 7) is 1.66. The first kappa shape index (κ1) is 16.9. The molecule has 0 spiro atoms. The maximum Gasteiger partial charge on any atom is 0.193 e. The summed E-state index contributed by atoms with van der Waals surface area (Å²) < 4.78 is 11.3. The van der Waals surface area contributed by atoms with E-state index in [9.17, 15) is 5.11 Å². The molecular weight excluding hydrogens is 306 g/mol. The van der Waals surface area contributed by atoms with Crippen molar-refractivity contribution in [1.29, 1.82) is 0 Å². The van der Waals surface area contributed by atoms with E-state index in [0.717, 1.165) is 30.7 Å². The third-order valence-corrected chi connectivity index (χ3v) is 4.66. The molecule has 0 aromatic heterocycles. The summed E-state index contributed by atoms with van der Waals surface area (Å²) >= 11 is 0. The lowest BCUT2D eigenvalue weighted by Gasteiger charge is -2.25. The van der Waals surface area contributed by atoms with Gasteiger partial charge in [-0.1, -0.05) is 19.3 Å². The Morgan fingerprint density at radius 2 is 1.92 bits per heavy atom. The Balaban J connectivity index is 1.55. The van der Waals surface area contributed by atoms with E-state index < -0.39 is 6.10 Å². The minimum atomic E-state index is -0.408. The number of hydrogen-bond acceptors (Lipinski definition) is 4. The van der Waals surface area contributed by atoms with Gasteiger partial charge in [-0.05, 0) is 30.9 Å². The van der Waals surface area contributed by atoms with Gasteiger partial charge in [0, 0.05) is 18.2 Å². The lowest BCUT2D eigenvalue weighted by atomic mass is 9.85. The molecule has 6 nitrogen and oxygen atoms in total. The molecule has 1 saturated carbocycles. The maximum atomic E-state index is 10.3. The van der Waals surface area contributed by atoms with Crippen molar-refractivity contribution in [2.45, 2.75) is 44.6 Å². The highest BCUT2D eigenvalue weighted by atomic mass is 16.5. The largest absolute Gasteiger partial charge is 0.490 e. The first-order valence-electron chi connectivity index (χ1n) is 8.87. The summed E-state index contributed by atoms with van der Waals surface area (Å²) in [4.78, 5) is 4.29. The van der Waals surface area contributed by atoms with Crippen LogP contribution in [0, 0.1) is 5.92 Å². The number of nitrogens with zero attached hydrogens (tertiary/aromatic N) is 1. The highest BCUT2D eigenvalue weighted by Crippen LogP contribution is 2.32. The molecule has 2 aliphatic rings. The van der Waals surface area contributed by atoms with Crippen LogP contribution < -0.4 is 20.5 Å². The molecule has 24 heavy (non-hydrogen) atoms. The lowest BCUT2D eigenvalue weighted by molar-refractivity contribution is 0.0924. The van der Waals surface area contributed by atoms with Crippen molar-refractivity contribution < 1.29 is 14.6 Å². The second-order valence-electron chi connectivity index (χ2n) is 6.53. The Bertz CT molecular complexity index is 571. The number of aliphatic hydroxyl groups excluding tert-OH is 1. The highest BCUT2D eigenvalue weighted by Gasteiger charge is 2.21. The molecule has 0 bridgehead atoms. The van der Waals surface area contributed by atoms with Crippen LogP contribution in [-0.2, 0) is 0 Å². The van der Waals surface area contributed by atoms with E-state index in [1.807, 2.05) is 18.2 Å². The number of anilines is 1. The Morgan fingerprint density at radius 3 is 2.71 bits per heavy atom. The predicted molar refractivity (Wildman–Crippen MR) is 94.7 cm³/mol. The van der Waals surface area contributed by atoms with Crippen molar-refractivity contribution in [1.82, 2.24) is 0 Å². The molecule has 1 aromatic carbocycles. The van der Waals surface area contributed by atoms with Gasteiger partial charge in [0.15, 0.2) is 17.5 Å². The van der Waals surface area contributed by atoms with Gasteiger partial charge in [-0.25, -0.2) is 0 Å². The summed E-state index contributed by atoms with van der Waals surface area (Å²) in [5, 5.41) is 13.3. The van der Waals surface area contributed by atoms with Crippen molar-refractivity contribution in [3.8, 4) is 11.5 Å². The number of aliphatic imine (C=N–C) groups is 1. The van der Waals surface area contributed by atoms with E-state index in [1.165, 1.54) is 19.3 Å². The van der Waals surface area contributed by atoms with E-state index in [4.69, 9.17) is 15.2 Å². The van der Waals surface area contributed by atoms with Crippen molar-refractivity contribution in [2.24, 2.45) is 16.6 Å². The van der Waals surface area contributed by atoms with Crippen molar-refractivity contribution >= 4 is 11.6 Å².